The van der Waals surface area contributed by atoms with Crippen LogP contribution in [0.3, 0.4) is 0 Å². The summed E-state index contributed by atoms with van der Waals surface area (Å²) in [5.74, 6) is -0.0964. The van der Waals surface area contributed by atoms with Crippen molar-refractivity contribution in [1.29, 1.82) is 0 Å². The SMILES string of the molecule is O=C(NCc1ccccc1)Nc1cccc(C(=O)NC2CC2)c1. The van der Waals surface area contributed by atoms with Crippen LogP contribution in [0.25, 0.3) is 0 Å². The van der Waals surface area contributed by atoms with Crippen LogP contribution in [-0.2, 0) is 6.54 Å². The molecule has 5 heteroatoms. The molecule has 0 atom stereocenters. The summed E-state index contributed by atoms with van der Waals surface area (Å²) in [6.07, 6.45) is 2.09. The molecule has 2 aromatic carbocycles. The van der Waals surface area contributed by atoms with Gasteiger partial charge in [-0.25, -0.2) is 4.79 Å². The van der Waals surface area contributed by atoms with E-state index in [-0.39, 0.29) is 11.9 Å². The minimum atomic E-state index is -0.298. The number of rotatable bonds is 5. The molecule has 23 heavy (non-hydrogen) atoms. The van der Waals surface area contributed by atoms with Crippen molar-refractivity contribution in [3.8, 4) is 0 Å². The summed E-state index contributed by atoms with van der Waals surface area (Å²) in [6, 6.07) is 16.6. The highest BCUT2D eigenvalue weighted by molar-refractivity contribution is 5.97. The average molecular weight is 309 g/mol. The van der Waals surface area contributed by atoms with Gasteiger partial charge in [-0.3, -0.25) is 4.79 Å². The fourth-order valence-corrected chi connectivity index (χ4v) is 2.19. The molecule has 2 aromatic rings. The maximum Gasteiger partial charge on any atom is 0.319 e. The molecule has 3 rings (SSSR count). The Hall–Kier alpha value is -2.82. The maximum atomic E-state index is 12.0. The summed E-state index contributed by atoms with van der Waals surface area (Å²) in [5.41, 5.74) is 2.18. The molecule has 0 heterocycles. The lowest BCUT2D eigenvalue weighted by molar-refractivity contribution is 0.0951. The Morgan fingerprint density at radius 3 is 2.52 bits per heavy atom. The van der Waals surface area contributed by atoms with E-state index in [0.717, 1.165) is 18.4 Å². The molecule has 1 aliphatic carbocycles. The smallest absolute Gasteiger partial charge is 0.319 e. The molecule has 0 aliphatic heterocycles. The molecule has 0 unspecified atom stereocenters. The average Bonchev–Trinajstić information content (AvgIpc) is 3.38. The molecule has 0 saturated heterocycles. The van der Waals surface area contributed by atoms with Crippen LogP contribution < -0.4 is 16.0 Å². The van der Waals surface area contributed by atoms with Crippen molar-refractivity contribution >= 4 is 17.6 Å². The summed E-state index contributed by atoms with van der Waals surface area (Å²) < 4.78 is 0. The number of nitrogens with one attached hydrogen (secondary N) is 3. The molecule has 1 aliphatic rings. The van der Waals surface area contributed by atoms with Crippen LogP contribution in [0.15, 0.2) is 54.6 Å². The summed E-state index contributed by atoms with van der Waals surface area (Å²) in [4.78, 5) is 23.9. The Bertz CT molecular complexity index is 696. The molecule has 0 spiro atoms. The third-order valence-corrected chi connectivity index (χ3v) is 3.59. The van der Waals surface area contributed by atoms with E-state index >= 15 is 0 Å². The molecule has 3 amide bonds. The Labute approximate surface area is 135 Å². The summed E-state index contributed by atoms with van der Waals surface area (Å²) >= 11 is 0. The Morgan fingerprint density at radius 2 is 1.78 bits per heavy atom. The predicted octanol–water partition coefficient (Wildman–Crippen LogP) is 2.90. The second-order valence-corrected chi connectivity index (χ2v) is 5.62. The first kappa shape index (κ1) is 15.1. The summed E-state index contributed by atoms with van der Waals surface area (Å²) in [5, 5.41) is 8.46. The number of carbonyl (C=O) groups excluding carboxylic acids is 2. The van der Waals surface area contributed by atoms with Gasteiger partial charge in [-0.05, 0) is 36.6 Å². The number of urea groups is 1. The van der Waals surface area contributed by atoms with E-state index in [0.29, 0.717) is 23.8 Å². The largest absolute Gasteiger partial charge is 0.349 e. The van der Waals surface area contributed by atoms with Gasteiger partial charge in [0.1, 0.15) is 0 Å². The minimum Gasteiger partial charge on any atom is -0.349 e. The number of anilines is 1. The lowest BCUT2D eigenvalue weighted by atomic mass is 10.2. The van der Waals surface area contributed by atoms with Crippen LogP contribution in [0.4, 0.5) is 10.5 Å². The van der Waals surface area contributed by atoms with Gasteiger partial charge in [0.05, 0.1) is 0 Å². The molecule has 0 aromatic heterocycles. The highest BCUT2D eigenvalue weighted by Crippen LogP contribution is 2.20. The van der Waals surface area contributed by atoms with E-state index in [9.17, 15) is 9.59 Å². The van der Waals surface area contributed by atoms with E-state index in [2.05, 4.69) is 16.0 Å². The van der Waals surface area contributed by atoms with Crippen molar-refractivity contribution in [1.82, 2.24) is 10.6 Å². The van der Waals surface area contributed by atoms with Crippen LogP contribution in [0.5, 0.6) is 0 Å². The Balaban J connectivity index is 1.54. The third kappa shape index (κ3) is 4.57. The van der Waals surface area contributed by atoms with Crippen LogP contribution in [0.2, 0.25) is 0 Å². The third-order valence-electron chi connectivity index (χ3n) is 3.59. The first-order valence-electron chi connectivity index (χ1n) is 7.70. The van der Waals surface area contributed by atoms with E-state index in [1.165, 1.54) is 0 Å². The number of amides is 3. The zero-order valence-electron chi connectivity index (χ0n) is 12.7. The molecule has 1 saturated carbocycles. The van der Waals surface area contributed by atoms with Gasteiger partial charge in [-0.1, -0.05) is 36.4 Å². The maximum absolute atomic E-state index is 12.0. The molecule has 1 fully saturated rings. The van der Waals surface area contributed by atoms with Gasteiger partial charge in [-0.2, -0.15) is 0 Å². The number of benzene rings is 2. The standard InChI is InChI=1S/C18H19N3O2/c22-17(20-15-9-10-15)14-7-4-8-16(11-14)21-18(23)19-12-13-5-2-1-3-6-13/h1-8,11,15H,9-10,12H2,(H,20,22)(H2,19,21,23). The van der Waals surface area contributed by atoms with E-state index in [4.69, 9.17) is 0 Å². The highest BCUT2D eigenvalue weighted by Gasteiger charge is 2.23. The van der Waals surface area contributed by atoms with Gasteiger partial charge in [0.2, 0.25) is 0 Å². The number of carbonyl (C=O) groups is 2. The van der Waals surface area contributed by atoms with Crippen LogP contribution in [-0.4, -0.2) is 18.0 Å². The summed E-state index contributed by atoms with van der Waals surface area (Å²) in [7, 11) is 0. The Morgan fingerprint density at radius 1 is 1.00 bits per heavy atom. The quantitative estimate of drug-likeness (QED) is 0.795. The summed E-state index contributed by atoms with van der Waals surface area (Å²) in [6.45, 7) is 0.453. The van der Waals surface area contributed by atoms with Gasteiger partial charge in [0.25, 0.3) is 5.91 Å². The van der Waals surface area contributed by atoms with Crippen molar-refractivity contribution in [3.05, 3.63) is 65.7 Å². The molecule has 5 nitrogen and oxygen atoms in total. The monoisotopic (exact) mass is 309 g/mol. The minimum absolute atomic E-state index is 0.0964. The number of hydrogen-bond acceptors (Lipinski definition) is 2. The van der Waals surface area contributed by atoms with Gasteiger partial charge in [0, 0.05) is 23.8 Å². The van der Waals surface area contributed by atoms with E-state index in [1.54, 1.807) is 24.3 Å². The lowest BCUT2D eigenvalue weighted by Gasteiger charge is -2.09. The highest BCUT2D eigenvalue weighted by atomic mass is 16.2. The van der Waals surface area contributed by atoms with Gasteiger partial charge in [0.15, 0.2) is 0 Å². The molecular weight excluding hydrogens is 290 g/mol. The first-order valence-corrected chi connectivity index (χ1v) is 7.70. The van der Waals surface area contributed by atoms with E-state index < -0.39 is 0 Å². The van der Waals surface area contributed by atoms with E-state index in [1.807, 2.05) is 30.3 Å². The zero-order valence-corrected chi connectivity index (χ0v) is 12.7. The van der Waals surface area contributed by atoms with Gasteiger partial charge in [-0.15, -0.1) is 0 Å². The van der Waals surface area contributed by atoms with Crippen molar-refractivity contribution in [2.75, 3.05) is 5.32 Å². The van der Waals surface area contributed by atoms with Crippen molar-refractivity contribution in [3.63, 3.8) is 0 Å². The predicted molar refractivity (Wildman–Crippen MR) is 89.2 cm³/mol. The molecule has 0 radical (unpaired) electrons. The van der Waals surface area contributed by atoms with Gasteiger partial charge >= 0.3 is 6.03 Å². The van der Waals surface area contributed by atoms with Crippen LogP contribution in [0, 0.1) is 0 Å². The molecule has 118 valence electrons. The fourth-order valence-electron chi connectivity index (χ4n) is 2.19. The second-order valence-electron chi connectivity index (χ2n) is 5.62. The van der Waals surface area contributed by atoms with Gasteiger partial charge < -0.3 is 16.0 Å². The topological polar surface area (TPSA) is 70.2 Å². The van der Waals surface area contributed by atoms with Crippen LogP contribution >= 0.6 is 0 Å². The second kappa shape index (κ2) is 6.96. The molecule has 3 N–H and O–H groups in total. The lowest BCUT2D eigenvalue weighted by Crippen LogP contribution is -2.28. The zero-order chi connectivity index (χ0) is 16.1. The molecule has 0 bridgehead atoms. The van der Waals surface area contributed by atoms with Crippen molar-refractivity contribution in [2.24, 2.45) is 0 Å². The van der Waals surface area contributed by atoms with Crippen LogP contribution in [0.1, 0.15) is 28.8 Å². The number of hydrogen-bond donors (Lipinski definition) is 3. The van der Waals surface area contributed by atoms with Crippen molar-refractivity contribution in [2.45, 2.75) is 25.4 Å². The first-order chi connectivity index (χ1) is 11.2. The normalized spacial score (nSPS) is 13.2. The Kier molecular flexibility index (Phi) is 4.57. The molecular formula is C18H19N3O2. The fraction of sp³-hybridized carbons (Fsp3) is 0.222. The van der Waals surface area contributed by atoms with Crippen molar-refractivity contribution < 1.29 is 9.59 Å².